The molecule has 0 aliphatic carbocycles. The van der Waals surface area contributed by atoms with E-state index in [1.807, 2.05) is 25.2 Å². The third-order valence-electron chi connectivity index (χ3n) is 3.19. The molecule has 1 heterocycles. The van der Waals surface area contributed by atoms with E-state index in [0.717, 1.165) is 24.3 Å². The van der Waals surface area contributed by atoms with Gasteiger partial charge in [-0.2, -0.15) is 11.3 Å². The number of halogens is 1. The van der Waals surface area contributed by atoms with E-state index in [0.29, 0.717) is 6.04 Å². The molecule has 3 heteroatoms. The summed E-state index contributed by atoms with van der Waals surface area (Å²) in [6.07, 6.45) is 3.25. The molecule has 0 aliphatic heterocycles. The minimum atomic E-state index is 0.477. The summed E-state index contributed by atoms with van der Waals surface area (Å²) >= 11 is 7.96. The molecule has 2 aromatic rings. The van der Waals surface area contributed by atoms with E-state index in [-0.39, 0.29) is 0 Å². The molecule has 0 aliphatic rings. The number of aryl methyl sites for hydroxylation is 1. The van der Waals surface area contributed by atoms with Crippen LogP contribution >= 0.6 is 22.9 Å². The Bertz CT molecular complexity index is 467. The van der Waals surface area contributed by atoms with Crippen LogP contribution in [0, 0.1) is 0 Å². The maximum absolute atomic E-state index is 6.20. The lowest BCUT2D eigenvalue weighted by atomic mass is 10.0. The van der Waals surface area contributed by atoms with Crippen molar-refractivity contribution in [2.45, 2.75) is 25.3 Å². The largest absolute Gasteiger partial charge is 0.317 e. The summed E-state index contributed by atoms with van der Waals surface area (Å²) < 4.78 is 0. The molecule has 0 saturated carbocycles. The van der Waals surface area contributed by atoms with E-state index in [1.165, 1.54) is 11.1 Å². The Morgan fingerprint density at radius 2 is 2.11 bits per heavy atom. The Morgan fingerprint density at radius 3 is 2.78 bits per heavy atom. The summed E-state index contributed by atoms with van der Waals surface area (Å²) in [5.74, 6) is 0. The van der Waals surface area contributed by atoms with Crippen LogP contribution in [-0.4, -0.2) is 13.1 Å². The summed E-state index contributed by atoms with van der Waals surface area (Å²) in [6, 6.07) is 10.8. The second kappa shape index (κ2) is 6.93. The maximum atomic E-state index is 6.20. The zero-order valence-electron chi connectivity index (χ0n) is 10.5. The summed E-state index contributed by atoms with van der Waals surface area (Å²) in [6.45, 7) is 0. The van der Waals surface area contributed by atoms with Crippen molar-refractivity contribution in [2.24, 2.45) is 0 Å². The predicted molar refractivity (Wildman–Crippen MR) is 80.6 cm³/mol. The maximum Gasteiger partial charge on any atom is 0.0438 e. The van der Waals surface area contributed by atoms with E-state index in [1.54, 1.807) is 11.3 Å². The van der Waals surface area contributed by atoms with Crippen LogP contribution in [0.25, 0.3) is 0 Å². The predicted octanol–water partition coefficient (Wildman–Crippen LogP) is 4.16. The number of rotatable bonds is 6. The van der Waals surface area contributed by atoms with Gasteiger partial charge >= 0.3 is 0 Å². The minimum Gasteiger partial charge on any atom is -0.317 e. The first-order chi connectivity index (χ1) is 8.79. The van der Waals surface area contributed by atoms with Crippen LogP contribution in [0.15, 0.2) is 41.1 Å². The first-order valence-corrected chi connectivity index (χ1v) is 7.53. The summed E-state index contributed by atoms with van der Waals surface area (Å²) in [4.78, 5) is 0. The number of hydrogen-bond acceptors (Lipinski definition) is 2. The minimum absolute atomic E-state index is 0.477. The van der Waals surface area contributed by atoms with Crippen LogP contribution < -0.4 is 5.32 Å². The van der Waals surface area contributed by atoms with Crippen molar-refractivity contribution in [1.29, 1.82) is 0 Å². The van der Waals surface area contributed by atoms with E-state index >= 15 is 0 Å². The molecule has 0 spiro atoms. The van der Waals surface area contributed by atoms with Gasteiger partial charge in [-0.25, -0.2) is 0 Å². The number of hydrogen-bond donors (Lipinski definition) is 1. The Labute approximate surface area is 118 Å². The fraction of sp³-hybridized carbons (Fsp3) is 0.333. The molecule has 0 radical (unpaired) electrons. The van der Waals surface area contributed by atoms with Gasteiger partial charge in [0.15, 0.2) is 0 Å². The van der Waals surface area contributed by atoms with Crippen LogP contribution in [-0.2, 0) is 12.8 Å². The van der Waals surface area contributed by atoms with Gasteiger partial charge in [-0.15, -0.1) is 0 Å². The van der Waals surface area contributed by atoms with Crippen molar-refractivity contribution >= 4 is 22.9 Å². The molecule has 1 N–H and O–H groups in total. The summed E-state index contributed by atoms with van der Waals surface area (Å²) in [7, 11) is 2.02. The van der Waals surface area contributed by atoms with Crippen LogP contribution in [0.3, 0.4) is 0 Å². The van der Waals surface area contributed by atoms with Gasteiger partial charge in [-0.3, -0.25) is 0 Å². The fourth-order valence-electron chi connectivity index (χ4n) is 2.05. The molecule has 1 unspecified atom stereocenters. The lowest BCUT2D eigenvalue weighted by Gasteiger charge is -2.16. The quantitative estimate of drug-likeness (QED) is 0.837. The van der Waals surface area contributed by atoms with Gasteiger partial charge in [0.25, 0.3) is 0 Å². The van der Waals surface area contributed by atoms with Crippen molar-refractivity contribution in [3.05, 3.63) is 57.2 Å². The van der Waals surface area contributed by atoms with E-state index in [4.69, 9.17) is 11.6 Å². The molecule has 1 aromatic carbocycles. The Balaban J connectivity index is 1.91. The van der Waals surface area contributed by atoms with Gasteiger partial charge in [0.1, 0.15) is 0 Å². The molecular formula is C15H18ClNS. The molecule has 1 aromatic heterocycles. The highest BCUT2D eigenvalue weighted by molar-refractivity contribution is 7.07. The molecule has 0 bridgehead atoms. The van der Waals surface area contributed by atoms with Crippen molar-refractivity contribution in [3.8, 4) is 0 Å². The zero-order valence-corrected chi connectivity index (χ0v) is 12.1. The second-order valence-corrected chi connectivity index (χ2v) is 5.64. The Hall–Kier alpha value is -0.830. The standard InChI is InChI=1S/C15H18ClNS/c1-17-14(7-6-12-8-9-18-11-12)10-13-4-2-3-5-15(13)16/h2-5,8-9,11,14,17H,6-7,10H2,1H3. The van der Waals surface area contributed by atoms with Gasteiger partial charge in [-0.1, -0.05) is 29.8 Å². The van der Waals surface area contributed by atoms with Crippen LogP contribution in [0.1, 0.15) is 17.5 Å². The topological polar surface area (TPSA) is 12.0 Å². The van der Waals surface area contributed by atoms with Gasteiger partial charge in [0.2, 0.25) is 0 Å². The first kappa shape index (κ1) is 13.6. The lowest BCUT2D eigenvalue weighted by Crippen LogP contribution is -2.28. The molecule has 96 valence electrons. The SMILES string of the molecule is CNC(CCc1ccsc1)Cc1ccccc1Cl. The molecule has 0 saturated heterocycles. The molecule has 0 fully saturated rings. The van der Waals surface area contributed by atoms with Gasteiger partial charge < -0.3 is 5.32 Å². The zero-order chi connectivity index (χ0) is 12.8. The van der Waals surface area contributed by atoms with Gasteiger partial charge in [0.05, 0.1) is 0 Å². The molecular weight excluding hydrogens is 262 g/mol. The number of nitrogens with one attached hydrogen (secondary N) is 1. The van der Waals surface area contributed by atoms with Crippen LogP contribution in [0.4, 0.5) is 0 Å². The van der Waals surface area contributed by atoms with Crippen LogP contribution in [0.2, 0.25) is 5.02 Å². The smallest absolute Gasteiger partial charge is 0.0438 e. The second-order valence-electron chi connectivity index (χ2n) is 4.45. The highest BCUT2D eigenvalue weighted by Gasteiger charge is 2.09. The number of likely N-dealkylation sites (N-methyl/N-ethyl adjacent to an activating group) is 1. The summed E-state index contributed by atoms with van der Waals surface area (Å²) in [5.41, 5.74) is 2.66. The van der Waals surface area contributed by atoms with Crippen molar-refractivity contribution in [1.82, 2.24) is 5.32 Å². The van der Waals surface area contributed by atoms with Gasteiger partial charge in [0, 0.05) is 11.1 Å². The molecule has 2 rings (SSSR count). The summed E-state index contributed by atoms with van der Waals surface area (Å²) in [5, 5.41) is 8.61. The Morgan fingerprint density at radius 1 is 1.28 bits per heavy atom. The monoisotopic (exact) mass is 279 g/mol. The molecule has 0 amide bonds. The third kappa shape index (κ3) is 3.84. The van der Waals surface area contributed by atoms with Crippen molar-refractivity contribution < 1.29 is 0 Å². The number of benzene rings is 1. The average molecular weight is 280 g/mol. The average Bonchev–Trinajstić information content (AvgIpc) is 2.90. The molecule has 1 atom stereocenters. The third-order valence-corrected chi connectivity index (χ3v) is 4.29. The van der Waals surface area contributed by atoms with E-state index < -0.39 is 0 Å². The number of thiophene rings is 1. The first-order valence-electron chi connectivity index (χ1n) is 6.21. The fourth-order valence-corrected chi connectivity index (χ4v) is 2.97. The normalized spacial score (nSPS) is 12.6. The van der Waals surface area contributed by atoms with E-state index in [9.17, 15) is 0 Å². The molecule has 18 heavy (non-hydrogen) atoms. The van der Waals surface area contributed by atoms with E-state index in [2.05, 4.69) is 28.2 Å². The van der Waals surface area contributed by atoms with Crippen molar-refractivity contribution in [3.63, 3.8) is 0 Å². The van der Waals surface area contributed by atoms with Crippen LogP contribution in [0.5, 0.6) is 0 Å². The Kier molecular flexibility index (Phi) is 5.24. The van der Waals surface area contributed by atoms with Crippen molar-refractivity contribution in [2.75, 3.05) is 7.05 Å². The molecule has 1 nitrogen and oxygen atoms in total. The van der Waals surface area contributed by atoms with Gasteiger partial charge in [-0.05, 0) is 60.3 Å². The lowest BCUT2D eigenvalue weighted by molar-refractivity contribution is 0.520. The highest BCUT2D eigenvalue weighted by Crippen LogP contribution is 2.18. The highest BCUT2D eigenvalue weighted by atomic mass is 35.5.